The van der Waals surface area contributed by atoms with E-state index in [0.717, 1.165) is 42.4 Å². The van der Waals surface area contributed by atoms with E-state index in [1.807, 2.05) is 19.9 Å². The van der Waals surface area contributed by atoms with Gasteiger partial charge in [-0.25, -0.2) is 4.79 Å². The number of nitrogens with one attached hydrogen (secondary N) is 1. The highest BCUT2D eigenvalue weighted by atomic mass is 28.4. The summed E-state index contributed by atoms with van der Waals surface area (Å²) >= 11 is 0. The van der Waals surface area contributed by atoms with Crippen molar-refractivity contribution in [1.82, 2.24) is 5.32 Å². The van der Waals surface area contributed by atoms with Crippen molar-refractivity contribution in [1.29, 1.82) is 0 Å². The topological polar surface area (TPSA) is 60.0 Å². The Morgan fingerprint density at radius 2 is 1.33 bits per heavy atom. The highest BCUT2D eigenvalue weighted by molar-refractivity contribution is 6.66. The summed E-state index contributed by atoms with van der Waals surface area (Å²) < 4.78 is 17.1. The van der Waals surface area contributed by atoms with E-state index in [-0.39, 0.29) is 6.09 Å². The van der Waals surface area contributed by atoms with Gasteiger partial charge in [0.25, 0.3) is 0 Å². The zero-order valence-corrected chi connectivity index (χ0v) is 28.5. The monoisotopic (exact) mass is 624 g/mol. The molecular formula is C38H48N2O4Si. The molecule has 45 heavy (non-hydrogen) atoms. The van der Waals surface area contributed by atoms with Crippen molar-refractivity contribution in [2.45, 2.75) is 59.5 Å². The Labute approximate surface area is 270 Å². The first-order chi connectivity index (χ1) is 21.8. The third-order valence-corrected chi connectivity index (χ3v) is 11.1. The molecule has 0 bridgehead atoms. The Morgan fingerprint density at radius 1 is 0.733 bits per heavy atom. The average molecular weight is 625 g/mol. The van der Waals surface area contributed by atoms with Crippen LogP contribution in [0, 0.1) is 13.8 Å². The van der Waals surface area contributed by atoms with E-state index in [1.165, 1.54) is 27.8 Å². The lowest BCUT2D eigenvalue weighted by Crippen LogP contribution is -2.39. The zero-order valence-electron chi connectivity index (χ0n) is 27.5. The second-order valence-corrected chi connectivity index (χ2v) is 14.8. The summed E-state index contributed by atoms with van der Waals surface area (Å²) in [6, 6.07) is 35.3. The number of hydrogen-bond acceptors (Lipinski definition) is 5. The van der Waals surface area contributed by atoms with Crippen LogP contribution in [0.2, 0.25) is 12.6 Å². The van der Waals surface area contributed by atoms with Gasteiger partial charge in [-0.1, -0.05) is 60.7 Å². The van der Waals surface area contributed by atoms with Crippen LogP contribution in [0.5, 0.6) is 0 Å². The minimum absolute atomic E-state index is 0.371. The van der Waals surface area contributed by atoms with Crippen LogP contribution in [0.25, 0.3) is 11.1 Å². The number of anilines is 3. The number of carbonyl (C=O) groups is 1. The standard InChI is InChI=1S/C38H48N2O4Si/c1-6-43-45(5,44-7-2)28-12-26-39-38(41)42-27-11-13-32-17-22-35(23-18-32)40(37-21-16-30(3)31(4)29-37)36-24-19-34(20-25-36)33-14-9-8-10-15-33/h8-10,14-25,29H,6-7,11-13,26-28H2,1-5H3,(H,39,41). The van der Waals surface area contributed by atoms with Crippen LogP contribution < -0.4 is 10.2 Å². The summed E-state index contributed by atoms with van der Waals surface area (Å²) in [6.07, 6.45) is 2.02. The van der Waals surface area contributed by atoms with Crippen LogP contribution in [-0.4, -0.2) is 41.0 Å². The molecule has 0 spiro atoms. The first-order valence-corrected chi connectivity index (χ1v) is 18.6. The van der Waals surface area contributed by atoms with Gasteiger partial charge in [-0.15, -0.1) is 0 Å². The Morgan fingerprint density at radius 3 is 1.96 bits per heavy atom. The Balaban J connectivity index is 1.32. The smallest absolute Gasteiger partial charge is 0.407 e. The van der Waals surface area contributed by atoms with E-state index < -0.39 is 8.56 Å². The van der Waals surface area contributed by atoms with E-state index in [2.05, 4.69) is 122 Å². The Bertz CT molecular complexity index is 1470. The molecule has 7 heteroatoms. The van der Waals surface area contributed by atoms with E-state index in [4.69, 9.17) is 13.6 Å². The van der Waals surface area contributed by atoms with Gasteiger partial charge in [0.2, 0.25) is 0 Å². The summed E-state index contributed by atoms with van der Waals surface area (Å²) in [5.41, 5.74) is 9.47. The van der Waals surface area contributed by atoms with E-state index in [0.29, 0.717) is 26.4 Å². The molecule has 0 heterocycles. The normalized spacial score (nSPS) is 11.3. The van der Waals surface area contributed by atoms with Gasteiger partial charge in [0.1, 0.15) is 0 Å². The fraction of sp³-hybridized carbons (Fsp3) is 0.342. The molecule has 4 aromatic rings. The van der Waals surface area contributed by atoms with Crippen LogP contribution >= 0.6 is 0 Å². The van der Waals surface area contributed by atoms with Gasteiger partial charge in [-0.3, -0.25) is 0 Å². The van der Waals surface area contributed by atoms with Crippen molar-refractivity contribution in [3.05, 3.63) is 114 Å². The van der Waals surface area contributed by atoms with Crippen molar-refractivity contribution < 1.29 is 18.4 Å². The number of benzene rings is 4. The fourth-order valence-electron chi connectivity index (χ4n) is 5.45. The van der Waals surface area contributed by atoms with E-state index in [9.17, 15) is 4.79 Å². The molecule has 4 aromatic carbocycles. The van der Waals surface area contributed by atoms with Crippen LogP contribution in [0.1, 0.15) is 43.4 Å². The molecule has 0 aromatic heterocycles. The molecule has 0 saturated carbocycles. The summed E-state index contributed by atoms with van der Waals surface area (Å²) in [4.78, 5) is 14.5. The molecule has 0 aliphatic rings. The maximum atomic E-state index is 12.2. The van der Waals surface area contributed by atoms with Gasteiger partial charge in [0, 0.05) is 36.8 Å². The second-order valence-electron chi connectivity index (χ2n) is 11.5. The van der Waals surface area contributed by atoms with E-state index >= 15 is 0 Å². The Hall–Kier alpha value is -3.91. The molecule has 1 N–H and O–H groups in total. The molecule has 0 radical (unpaired) electrons. The molecule has 6 nitrogen and oxygen atoms in total. The number of ether oxygens (including phenoxy) is 1. The molecule has 4 rings (SSSR count). The predicted molar refractivity (Wildman–Crippen MR) is 188 cm³/mol. The molecule has 0 aliphatic carbocycles. The van der Waals surface area contributed by atoms with Crippen LogP contribution in [-0.2, 0) is 20.0 Å². The summed E-state index contributed by atoms with van der Waals surface area (Å²) in [5.74, 6) is 0. The number of alkyl carbamates (subject to hydrolysis) is 1. The van der Waals surface area contributed by atoms with Crippen molar-refractivity contribution in [3.63, 3.8) is 0 Å². The number of amides is 1. The molecule has 1 amide bonds. The number of hydrogen-bond donors (Lipinski definition) is 1. The summed E-state index contributed by atoms with van der Waals surface area (Å²) in [5, 5.41) is 2.85. The maximum absolute atomic E-state index is 12.2. The van der Waals surface area contributed by atoms with Gasteiger partial charge >= 0.3 is 14.7 Å². The van der Waals surface area contributed by atoms with Crippen LogP contribution in [0.3, 0.4) is 0 Å². The average Bonchev–Trinajstić information content (AvgIpc) is 3.05. The molecule has 0 saturated heterocycles. The van der Waals surface area contributed by atoms with Gasteiger partial charge < -0.3 is 23.8 Å². The SMILES string of the molecule is CCO[Si](C)(CCCNC(=O)OCCCc1ccc(N(c2ccc(-c3ccccc3)cc2)c2ccc(C)c(C)c2)cc1)OCC. The van der Waals surface area contributed by atoms with E-state index in [1.54, 1.807) is 0 Å². The largest absolute Gasteiger partial charge is 0.450 e. The molecule has 238 valence electrons. The number of carbonyl (C=O) groups excluding carboxylic acids is 1. The Kier molecular flexibility index (Phi) is 12.8. The highest BCUT2D eigenvalue weighted by Crippen LogP contribution is 2.36. The lowest BCUT2D eigenvalue weighted by molar-refractivity contribution is 0.144. The minimum atomic E-state index is -2.16. The van der Waals surface area contributed by atoms with Gasteiger partial charge in [-0.05, 0) is 124 Å². The lowest BCUT2D eigenvalue weighted by Gasteiger charge is -2.26. The summed E-state index contributed by atoms with van der Waals surface area (Å²) in [6.45, 7) is 12.6. The molecule has 0 atom stereocenters. The van der Waals surface area contributed by atoms with Crippen molar-refractivity contribution >= 4 is 31.7 Å². The molecular weight excluding hydrogens is 577 g/mol. The zero-order chi connectivity index (χ0) is 32.1. The third-order valence-electron chi connectivity index (χ3n) is 8.00. The summed E-state index contributed by atoms with van der Waals surface area (Å²) in [7, 11) is -2.16. The predicted octanol–water partition coefficient (Wildman–Crippen LogP) is 9.63. The van der Waals surface area contributed by atoms with Crippen molar-refractivity contribution in [2.24, 2.45) is 0 Å². The molecule has 0 unspecified atom stereocenters. The van der Waals surface area contributed by atoms with Crippen LogP contribution in [0.4, 0.5) is 21.9 Å². The van der Waals surface area contributed by atoms with Crippen molar-refractivity contribution in [2.75, 3.05) is 31.3 Å². The maximum Gasteiger partial charge on any atom is 0.407 e. The minimum Gasteiger partial charge on any atom is -0.450 e. The van der Waals surface area contributed by atoms with Gasteiger partial charge in [-0.2, -0.15) is 0 Å². The van der Waals surface area contributed by atoms with Gasteiger partial charge in [0.05, 0.1) is 6.61 Å². The second kappa shape index (κ2) is 17.0. The first-order valence-electron chi connectivity index (χ1n) is 16.1. The number of nitrogens with zero attached hydrogens (tertiary/aromatic N) is 1. The van der Waals surface area contributed by atoms with Crippen molar-refractivity contribution in [3.8, 4) is 11.1 Å². The van der Waals surface area contributed by atoms with Gasteiger partial charge in [0.15, 0.2) is 0 Å². The number of aryl methyl sites for hydroxylation is 3. The molecule has 0 aliphatic heterocycles. The lowest BCUT2D eigenvalue weighted by atomic mass is 10.0. The quantitative estimate of drug-likeness (QED) is 0.0994. The first kappa shape index (κ1) is 34.0. The van der Waals surface area contributed by atoms with Crippen LogP contribution in [0.15, 0.2) is 97.1 Å². The fourth-order valence-corrected chi connectivity index (χ4v) is 7.86. The number of rotatable bonds is 16. The molecule has 0 fully saturated rings. The highest BCUT2D eigenvalue weighted by Gasteiger charge is 2.29. The third kappa shape index (κ3) is 10.0.